The molecule has 2 N–H and O–H groups in total. The first-order valence-corrected chi connectivity index (χ1v) is 13.0. The minimum absolute atomic E-state index is 0.00801. The number of benzene rings is 2. The summed E-state index contributed by atoms with van der Waals surface area (Å²) in [7, 11) is -3.75. The first-order valence-electron chi connectivity index (χ1n) is 11.2. The molecular weight excluding hydrogens is 458 g/mol. The molecule has 1 heterocycles. The number of nitrogens with one attached hydrogen (secondary N) is 2. The lowest BCUT2D eigenvalue weighted by atomic mass is 10.1. The summed E-state index contributed by atoms with van der Waals surface area (Å²) in [6.45, 7) is 4.41. The van der Waals surface area contributed by atoms with Crippen LogP contribution in [0.3, 0.4) is 0 Å². The molecule has 0 spiro atoms. The lowest BCUT2D eigenvalue weighted by Crippen LogP contribution is -2.38. The average Bonchev–Trinajstić information content (AvgIpc) is 3.29. The fourth-order valence-corrected chi connectivity index (χ4v) is 4.44. The summed E-state index contributed by atoms with van der Waals surface area (Å²) in [5.41, 5.74) is 0.915. The van der Waals surface area contributed by atoms with Crippen LogP contribution in [0.5, 0.6) is 5.75 Å². The molecule has 2 aromatic carbocycles. The Bertz CT molecular complexity index is 1100. The van der Waals surface area contributed by atoms with E-state index in [2.05, 4.69) is 10.6 Å². The van der Waals surface area contributed by atoms with E-state index in [9.17, 15) is 18.0 Å². The van der Waals surface area contributed by atoms with E-state index < -0.39 is 22.5 Å². The normalized spacial score (nSPS) is 15.7. The Morgan fingerprint density at radius 1 is 1.15 bits per heavy atom. The van der Waals surface area contributed by atoms with Crippen LogP contribution in [-0.2, 0) is 19.6 Å². The van der Waals surface area contributed by atoms with Crippen LogP contribution in [0.25, 0.3) is 0 Å². The molecule has 1 aliphatic heterocycles. The Morgan fingerprint density at radius 3 is 2.47 bits per heavy atom. The van der Waals surface area contributed by atoms with Gasteiger partial charge in [-0.3, -0.25) is 13.9 Å². The molecule has 0 aliphatic carbocycles. The van der Waals surface area contributed by atoms with Crippen molar-refractivity contribution in [2.45, 2.75) is 38.9 Å². The van der Waals surface area contributed by atoms with Crippen LogP contribution in [0.4, 0.5) is 11.4 Å². The minimum Gasteiger partial charge on any atom is -0.491 e. The van der Waals surface area contributed by atoms with E-state index in [1.807, 2.05) is 13.8 Å². The van der Waals surface area contributed by atoms with E-state index in [0.717, 1.165) is 23.4 Å². The molecular formula is C24H31N3O6S. The first-order chi connectivity index (χ1) is 16.1. The number of para-hydroxylation sites is 1. The van der Waals surface area contributed by atoms with E-state index in [0.29, 0.717) is 30.3 Å². The van der Waals surface area contributed by atoms with Gasteiger partial charge in [-0.1, -0.05) is 12.1 Å². The van der Waals surface area contributed by atoms with Gasteiger partial charge in [-0.05, 0) is 63.1 Å². The van der Waals surface area contributed by atoms with Crippen molar-refractivity contribution in [3.05, 3.63) is 54.1 Å². The highest BCUT2D eigenvalue weighted by Crippen LogP contribution is 2.23. The molecule has 0 bridgehead atoms. The molecule has 3 rings (SSSR count). The smallest absolute Gasteiger partial charge is 0.253 e. The molecule has 9 nitrogen and oxygen atoms in total. The van der Waals surface area contributed by atoms with Crippen LogP contribution in [0.2, 0.25) is 0 Å². The van der Waals surface area contributed by atoms with Gasteiger partial charge in [0.1, 0.15) is 12.3 Å². The molecule has 1 unspecified atom stereocenters. The van der Waals surface area contributed by atoms with E-state index in [4.69, 9.17) is 9.47 Å². The maximum absolute atomic E-state index is 12.8. The Kier molecular flexibility index (Phi) is 8.51. The van der Waals surface area contributed by atoms with E-state index >= 15 is 0 Å². The molecule has 1 atom stereocenters. The highest BCUT2D eigenvalue weighted by molar-refractivity contribution is 7.92. The van der Waals surface area contributed by atoms with E-state index in [-0.39, 0.29) is 23.7 Å². The summed E-state index contributed by atoms with van der Waals surface area (Å²) in [5, 5.41) is 5.50. The van der Waals surface area contributed by atoms with Crippen LogP contribution < -0.4 is 19.7 Å². The maximum Gasteiger partial charge on any atom is 0.253 e. The largest absolute Gasteiger partial charge is 0.491 e. The molecule has 184 valence electrons. The molecule has 1 fully saturated rings. The lowest BCUT2D eigenvalue weighted by molar-refractivity contribution is -0.114. The lowest BCUT2D eigenvalue weighted by Gasteiger charge is -2.22. The number of amides is 2. The van der Waals surface area contributed by atoms with Crippen LogP contribution in [0.1, 0.15) is 37.0 Å². The predicted octanol–water partition coefficient (Wildman–Crippen LogP) is 2.79. The van der Waals surface area contributed by atoms with Gasteiger partial charge in [0.15, 0.2) is 0 Å². The molecule has 10 heteroatoms. The number of hydrogen-bond acceptors (Lipinski definition) is 6. The van der Waals surface area contributed by atoms with Gasteiger partial charge >= 0.3 is 0 Å². The summed E-state index contributed by atoms with van der Waals surface area (Å²) in [5.74, 6) is -0.320. The number of hydrogen-bond donors (Lipinski definition) is 2. The summed E-state index contributed by atoms with van der Waals surface area (Å²) in [6, 6.07) is 13.0. The third kappa shape index (κ3) is 7.19. The van der Waals surface area contributed by atoms with Gasteiger partial charge in [0.2, 0.25) is 15.9 Å². The molecule has 0 aromatic heterocycles. The van der Waals surface area contributed by atoms with E-state index in [1.54, 1.807) is 48.5 Å². The van der Waals surface area contributed by atoms with Gasteiger partial charge in [0.05, 0.1) is 35.4 Å². The van der Waals surface area contributed by atoms with Gasteiger partial charge in [-0.25, -0.2) is 8.42 Å². The zero-order valence-corrected chi connectivity index (χ0v) is 20.4. The second-order valence-electron chi connectivity index (χ2n) is 8.37. The Hall–Kier alpha value is -3.11. The second-order valence-corrected chi connectivity index (χ2v) is 10.3. The van der Waals surface area contributed by atoms with Crippen molar-refractivity contribution in [2.24, 2.45) is 0 Å². The number of nitrogens with zero attached hydrogens (tertiary/aromatic N) is 1. The quantitative estimate of drug-likeness (QED) is 0.531. The third-order valence-corrected chi connectivity index (χ3v) is 6.28. The number of anilines is 2. The van der Waals surface area contributed by atoms with Crippen LogP contribution in [-0.4, -0.2) is 58.4 Å². The summed E-state index contributed by atoms with van der Waals surface area (Å²) in [4.78, 5) is 25.5. The highest BCUT2D eigenvalue weighted by Gasteiger charge is 2.23. The second kappa shape index (κ2) is 11.3. The van der Waals surface area contributed by atoms with Gasteiger partial charge in [-0.15, -0.1) is 0 Å². The fraction of sp³-hybridized carbons (Fsp3) is 0.417. The maximum atomic E-state index is 12.8. The molecule has 2 aromatic rings. The SMILES string of the molecule is CC(C)Oc1ccc(N(CC(=O)Nc2ccccc2C(=O)NCC2CCCO2)S(C)(=O)=O)cc1. The van der Waals surface area contributed by atoms with Crippen molar-refractivity contribution in [1.29, 1.82) is 0 Å². The van der Waals surface area contributed by atoms with Gasteiger partial charge < -0.3 is 20.1 Å². The van der Waals surface area contributed by atoms with Crippen LogP contribution in [0, 0.1) is 0 Å². The molecule has 2 amide bonds. The van der Waals surface area contributed by atoms with Crippen molar-refractivity contribution in [1.82, 2.24) is 5.32 Å². The Labute approximate surface area is 200 Å². The number of ether oxygens (including phenoxy) is 2. The van der Waals surface area contributed by atoms with Gasteiger partial charge in [0, 0.05) is 13.2 Å². The third-order valence-electron chi connectivity index (χ3n) is 5.14. The Balaban J connectivity index is 1.69. The Morgan fingerprint density at radius 2 is 1.85 bits per heavy atom. The standard InChI is InChI=1S/C24H31N3O6S/c1-17(2)33-19-12-10-18(11-13-19)27(34(3,30)31)16-23(28)26-22-9-5-4-8-21(22)24(29)25-15-20-7-6-14-32-20/h4-5,8-13,17,20H,6-7,14-16H2,1-3H3,(H,25,29)(H,26,28). The zero-order chi connectivity index (χ0) is 24.7. The van der Waals surface area contributed by atoms with Gasteiger partial charge in [0.25, 0.3) is 5.91 Å². The van der Waals surface area contributed by atoms with Crippen LogP contribution >= 0.6 is 0 Å². The topological polar surface area (TPSA) is 114 Å². The van der Waals surface area contributed by atoms with Crippen molar-refractivity contribution < 1.29 is 27.5 Å². The summed E-state index contributed by atoms with van der Waals surface area (Å²) < 4.78 is 36.9. The number of carbonyl (C=O) groups excluding carboxylic acids is 2. The monoisotopic (exact) mass is 489 g/mol. The number of sulfonamides is 1. The van der Waals surface area contributed by atoms with Gasteiger partial charge in [-0.2, -0.15) is 0 Å². The zero-order valence-electron chi connectivity index (χ0n) is 19.6. The van der Waals surface area contributed by atoms with Crippen molar-refractivity contribution in [3.63, 3.8) is 0 Å². The predicted molar refractivity (Wildman–Crippen MR) is 131 cm³/mol. The molecule has 0 radical (unpaired) electrons. The van der Waals surface area contributed by atoms with Crippen molar-refractivity contribution >= 4 is 33.2 Å². The van der Waals surface area contributed by atoms with Crippen molar-refractivity contribution in [2.75, 3.05) is 35.6 Å². The molecule has 1 aliphatic rings. The minimum atomic E-state index is -3.75. The highest BCUT2D eigenvalue weighted by atomic mass is 32.2. The fourth-order valence-electron chi connectivity index (χ4n) is 3.58. The average molecular weight is 490 g/mol. The summed E-state index contributed by atoms with van der Waals surface area (Å²) in [6.07, 6.45) is 2.87. The molecule has 34 heavy (non-hydrogen) atoms. The number of carbonyl (C=O) groups is 2. The van der Waals surface area contributed by atoms with E-state index in [1.165, 1.54) is 0 Å². The molecule has 0 saturated carbocycles. The van der Waals surface area contributed by atoms with Crippen molar-refractivity contribution in [3.8, 4) is 5.75 Å². The number of rotatable bonds is 10. The van der Waals surface area contributed by atoms with Crippen LogP contribution in [0.15, 0.2) is 48.5 Å². The molecule has 1 saturated heterocycles. The summed E-state index contributed by atoms with van der Waals surface area (Å²) >= 11 is 0. The first kappa shape index (κ1) is 25.5.